The summed E-state index contributed by atoms with van der Waals surface area (Å²) >= 11 is 0. The molecule has 1 aliphatic heterocycles. The van der Waals surface area contributed by atoms with E-state index in [-0.39, 0.29) is 18.5 Å². The molecule has 0 spiro atoms. The first-order valence-corrected chi connectivity index (χ1v) is 10.1. The van der Waals surface area contributed by atoms with Gasteiger partial charge in [-0.3, -0.25) is 14.5 Å². The Morgan fingerprint density at radius 2 is 1.66 bits per heavy atom. The van der Waals surface area contributed by atoms with Crippen molar-refractivity contribution in [1.29, 1.82) is 0 Å². The van der Waals surface area contributed by atoms with Crippen molar-refractivity contribution in [3.05, 3.63) is 71.8 Å². The first kappa shape index (κ1) is 20.6. The van der Waals surface area contributed by atoms with Crippen molar-refractivity contribution >= 4 is 17.8 Å². The molecule has 0 unspecified atom stereocenters. The highest BCUT2D eigenvalue weighted by Gasteiger charge is 2.51. The summed E-state index contributed by atoms with van der Waals surface area (Å²) in [6, 6.07) is 18.2. The maximum atomic E-state index is 13.1. The quantitative estimate of drug-likeness (QED) is 0.674. The van der Waals surface area contributed by atoms with Gasteiger partial charge in [0.05, 0.1) is 6.04 Å². The van der Waals surface area contributed by atoms with Crippen LogP contribution < -0.4 is 10.6 Å². The summed E-state index contributed by atoms with van der Waals surface area (Å²) < 4.78 is 0. The van der Waals surface area contributed by atoms with E-state index in [0.29, 0.717) is 6.42 Å². The molecule has 2 N–H and O–H groups in total. The molecule has 0 saturated carbocycles. The molecular weight excluding hydrogens is 366 g/mol. The number of carbonyl (C=O) groups excluding carboxylic acids is 3. The first-order valence-electron chi connectivity index (χ1n) is 10.1. The van der Waals surface area contributed by atoms with Crippen molar-refractivity contribution < 1.29 is 14.4 Å². The van der Waals surface area contributed by atoms with Crippen LogP contribution >= 0.6 is 0 Å². The van der Waals surface area contributed by atoms with Gasteiger partial charge >= 0.3 is 6.03 Å². The highest BCUT2D eigenvalue weighted by molar-refractivity contribution is 6.09. The molecule has 2 aromatic rings. The number of nitrogens with zero attached hydrogens (tertiary/aromatic N) is 1. The second kappa shape index (κ2) is 8.90. The van der Waals surface area contributed by atoms with Crippen molar-refractivity contribution in [3.63, 3.8) is 0 Å². The SMILES string of the molecule is CCC[C@H](NC(=O)CN1C(=O)N[C@](CC)(c2ccccc2)C1=O)c1ccccc1. The average molecular weight is 393 g/mol. The lowest BCUT2D eigenvalue weighted by Crippen LogP contribution is -2.45. The van der Waals surface area contributed by atoms with Crippen molar-refractivity contribution in [2.75, 3.05) is 6.54 Å². The molecule has 1 heterocycles. The highest BCUT2D eigenvalue weighted by Crippen LogP contribution is 2.32. The monoisotopic (exact) mass is 393 g/mol. The normalized spacial score (nSPS) is 19.7. The minimum Gasteiger partial charge on any atom is -0.348 e. The van der Waals surface area contributed by atoms with Crippen LogP contribution in [0.2, 0.25) is 0 Å². The third-order valence-electron chi connectivity index (χ3n) is 5.39. The van der Waals surface area contributed by atoms with E-state index >= 15 is 0 Å². The Labute approximate surface area is 171 Å². The zero-order valence-electron chi connectivity index (χ0n) is 16.9. The fourth-order valence-electron chi connectivity index (χ4n) is 3.81. The van der Waals surface area contributed by atoms with Crippen molar-refractivity contribution in [1.82, 2.24) is 15.5 Å². The molecule has 0 radical (unpaired) electrons. The van der Waals surface area contributed by atoms with E-state index < -0.39 is 17.5 Å². The number of imide groups is 1. The zero-order valence-corrected chi connectivity index (χ0v) is 16.9. The molecule has 1 saturated heterocycles. The number of hydrogen-bond donors (Lipinski definition) is 2. The van der Waals surface area contributed by atoms with Crippen LogP contribution in [0.4, 0.5) is 4.79 Å². The number of carbonyl (C=O) groups is 3. The minimum absolute atomic E-state index is 0.153. The van der Waals surface area contributed by atoms with Gasteiger partial charge in [0.2, 0.25) is 5.91 Å². The Bertz CT molecular complexity index is 869. The number of urea groups is 1. The summed E-state index contributed by atoms with van der Waals surface area (Å²) in [5, 5.41) is 5.78. The molecule has 152 valence electrons. The van der Waals surface area contributed by atoms with Crippen LogP contribution in [0.3, 0.4) is 0 Å². The maximum Gasteiger partial charge on any atom is 0.325 e. The molecule has 4 amide bonds. The van der Waals surface area contributed by atoms with E-state index in [4.69, 9.17) is 0 Å². The number of rotatable bonds is 8. The molecule has 1 aliphatic rings. The summed E-state index contributed by atoms with van der Waals surface area (Å²) in [4.78, 5) is 39.4. The van der Waals surface area contributed by atoms with Gasteiger partial charge in [-0.25, -0.2) is 4.79 Å². The van der Waals surface area contributed by atoms with Gasteiger partial charge in [0.15, 0.2) is 0 Å². The molecule has 29 heavy (non-hydrogen) atoms. The van der Waals surface area contributed by atoms with E-state index in [1.165, 1.54) is 0 Å². The second-order valence-corrected chi connectivity index (χ2v) is 7.27. The smallest absolute Gasteiger partial charge is 0.325 e. The number of benzene rings is 2. The lowest BCUT2D eigenvalue weighted by molar-refractivity contribution is -0.135. The molecule has 2 atom stereocenters. The number of amides is 4. The van der Waals surface area contributed by atoms with Gasteiger partial charge in [0.25, 0.3) is 5.91 Å². The topological polar surface area (TPSA) is 78.5 Å². The van der Waals surface area contributed by atoms with Crippen molar-refractivity contribution in [2.45, 2.75) is 44.7 Å². The Morgan fingerprint density at radius 1 is 1.03 bits per heavy atom. The van der Waals surface area contributed by atoms with Gasteiger partial charge in [-0.05, 0) is 24.0 Å². The van der Waals surface area contributed by atoms with Crippen LogP contribution in [-0.2, 0) is 15.1 Å². The largest absolute Gasteiger partial charge is 0.348 e. The van der Waals surface area contributed by atoms with Gasteiger partial charge in [-0.1, -0.05) is 80.9 Å². The van der Waals surface area contributed by atoms with Gasteiger partial charge in [-0.15, -0.1) is 0 Å². The van der Waals surface area contributed by atoms with Gasteiger partial charge < -0.3 is 10.6 Å². The lowest BCUT2D eigenvalue weighted by atomic mass is 9.87. The van der Waals surface area contributed by atoms with E-state index in [9.17, 15) is 14.4 Å². The predicted octanol–water partition coefficient (Wildman–Crippen LogP) is 3.50. The summed E-state index contributed by atoms with van der Waals surface area (Å²) in [6.07, 6.45) is 2.08. The first-order chi connectivity index (χ1) is 14.0. The molecule has 0 bridgehead atoms. The molecule has 1 fully saturated rings. The molecule has 0 aromatic heterocycles. The van der Waals surface area contributed by atoms with Crippen LogP contribution in [0.1, 0.15) is 50.3 Å². The summed E-state index contributed by atoms with van der Waals surface area (Å²) in [6.45, 7) is 3.60. The molecule has 6 heteroatoms. The fourth-order valence-corrected chi connectivity index (χ4v) is 3.81. The van der Waals surface area contributed by atoms with E-state index in [1.807, 2.05) is 67.6 Å². The molecule has 3 rings (SSSR count). The Hall–Kier alpha value is -3.15. The summed E-state index contributed by atoms with van der Waals surface area (Å²) in [7, 11) is 0. The van der Waals surface area contributed by atoms with Crippen LogP contribution in [0.15, 0.2) is 60.7 Å². The van der Waals surface area contributed by atoms with E-state index in [0.717, 1.165) is 28.9 Å². The minimum atomic E-state index is -1.12. The van der Waals surface area contributed by atoms with Crippen LogP contribution in [-0.4, -0.2) is 29.3 Å². The van der Waals surface area contributed by atoms with Crippen LogP contribution in [0.5, 0.6) is 0 Å². The second-order valence-electron chi connectivity index (χ2n) is 7.27. The van der Waals surface area contributed by atoms with Crippen LogP contribution in [0.25, 0.3) is 0 Å². The molecule has 6 nitrogen and oxygen atoms in total. The summed E-state index contributed by atoms with van der Waals surface area (Å²) in [5.74, 6) is -0.742. The van der Waals surface area contributed by atoms with E-state index in [2.05, 4.69) is 17.6 Å². The highest BCUT2D eigenvalue weighted by atomic mass is 16.2. The number of hydrogen-bond acceptors (Lipinski definition) is 3. The Morgan fingerprint density at radius 3 is 2.24 bits per heavy atom. The van der Waals surface area contributed by atoms with Crippen molar-refractivity contribution in [2.24, 2.45) is 0 Å². The standard InChI is InChI=1S/C23H27N3O3/c1-3-11-19(17-12-7-5-8-13-17)24-20(27)16-26-21(28)23(4-2,25-22(26)29)18-14-9-6-10-15-18/h5-10,12-15,19H,3-4,11,16H2,1-2H3,(H,24,27)(H,25,29)/t19-,23+/m0/s1. The van der Waals surface area contributed by atoms with Crippen LogP contribution in [0, 0.1) is 0 Å². The Balaban J connectivity index is 1.75. The third-order valence-corrected chi connectivity index (χ3v) is 5.39. The van der Waals surface area contributed by atoms with Crippen molar-refractivity contribution in [3.8, 4) is 0 Å². The van der Waals surface area contributed by atoms with Gasteiger partial charge in [0, 0.05) is 0 Å². The van der Waals surface area contributed by atoms with Gasteiger partial charge in [-0.2, -0.15) is 0 Å². The lowest BCUT2D eigenvalue weighted by Gasteiger charge is -2.26. The summed E-state index contributed by atoms with van der Waals surface area (Å²) in [5.41, 5.74) is 0.602. The predicted molar refractivity (Wildman–Crippen MR) is 111 cm³/mol. The number of nitrogens with one attached hydrogen (secondary N) is 2. The molecule has 2 aromatic carbocycles. The van der Waals surface area contributed by atoms with Gasteiger partial charge in [0.1, 0.15) is 12.1 Å². The Kier molecular flexibility index (Phi) is 6.32. The molecular formula is C23H27N3O3. The maximum absolute atomic E-state index is 13.1. The van der Waals surface area contributed by atoms with E-state index in [1.54, 1.807) is 0 Å². The third kappa shape index (κ3) is 4.16. The average Bonchev–Trinajstić information content (AvgIpc) is 3.00. The molecule has 0 aliphatic carbocycles. The fraction of sp³-hybridized carbons (Fsp3) is 0.348. The zero-order chi connectivity index (χ0) is 20.9.